The number of fused-ring (bicyclic) bond motifs is 3. The average molecular weight is 348 g/mol. The molecule has 0 bridgehead atoms. The van der Waals surface area contributed by atoms with E-state index >= 15 is 0 Å². The van der Waals surface area contributed by atoms with Gasteiger partial charge in [0.1, 0.15) is 22.2 Å². The van der Waals surface area contributed by atoms with E-state index in [1.807, 2.05) is 42.5 Å². The molecule has 6 heteroatoms. The second kappa shape index (κ2) is 6.34. The predicted octanol–water partition coefficient (Wildman–Crippen LogP) is 4.66. The van der Waals surface area contributed by atoms with Gasteiger partial charge >= 0.3 is 0 Å². The van der Waals surface area contributed by atoms with Crippen LogP contribution >= 0.6 is 23.7 Å². The highest BCUT2D eigenvalue weighted by atomic mass is 35.5. The Labute approximate surface area is 145 Å². The number of aryl methyl sites for hydroxylation is 3. The van der Waals surface area contributed by atoms with E-state index in [9.17, 15) is 0 Å². The van der Waals surface area contributed by atoms with Gasteiger partial charge in [-0.05, 0) is 43.9 Å². The van der Waals surface area contributed by atoms with E-state index in [2.05, 4.69) is 15.3 Å². The summed E-state index contributed by atoms with van der Waals surface area (Å²) < 4.78 is 5.29. The van der Waals surface area contributed by atoms with E-state index in [1.54, 1.807) is 7.11 Å². The summed E-state index contributed by atoms with van der Waals surface area (Å²) in [4.78, 5) is 11.8. The summed E-state index contributed by atoms with van der Waals surface area (Å²) in [5.74, 6) is 2.55. The Hall–Kier alpha value is -1.85. The smallest absolute Gasteiger partial charge is 0.143 e. The lowest BCUT2D eigenvalue weighted by Crippen LogP contribution is -1.99. The number of nitrogens with one attached hydrogen (secondary N) is 1. The minimum absolute atomic E-state index is 0. The number of rotatable bonds is 3. The zero-order valence-corrected chi connectivity index (χ0v) is 14.7. The molecule has 0 unspecified atom stereocenters. The van der Waals surface area contributed by atoms with E-state index in [1.165, 1.54) is 28.7 Å². The quantitative estimate of drug-likeness (QED) is 0.748. The first-order valence-electron chi connectivity index (χ1n) is 7.44. The van der Waals surface area contributed by atoms with Crippen LogP contribution < -0.4 is 10.1 Å². The molecule has 0 spiro atoms. The second-order valence-corrected chi connectivity index (χ2v) is 6.60. The van der Waals surface area contributed by atoms with Gasteiger partial charge in [0, 0.05) is 16.6 Å². The summed E-state index contributed by atoms with van der Waals surface area (Å²) >= 11 is 1.82. The van der Waals surface area contributed by atoms with Gasteiger partial charge in [-0.3, -0.25) is 0 Å². The lowest BCUT2D eigenvalue weighted by molar-refractivity contribution is 0.415. The van der Waals surface area contributed by atoms with Crippen molar-refractivity contribution in [2.24, 2.45) is 0 Å². The van der Waals surface area contributed by atoms with Gasteiger partial charge in [-0.2, -0.15) is 0 Å². The normalized spacial score (nSPS) is 12.8. The number of anilines is 2. The molecule has 0 amide bonds. The Kier molecular flexibility index (Phi) is 4.41. The van der Waals surface area contributed by atoms with Crippen molar-refractivity contribution in [2.45, 2.75) is 26.2 Å². The molecule has 0 radical (unpaired) electrons. The van der Waals surface area contributed by atoms with Crippen LogP contribution in [-0.2, 0) is 12.8 Å². The summed E-state index contributed by atoms with van der Waals surface area (Å²) in [6, 6.07) is 7.92. The molecule has 23 heavy (non-hydrogen) atoms. The van der Waals surface area contributed by atoms with Crippen LogP contribution in [0.25, 0.3) is 10.2 Å². The molecule has 120 valence electrons. The Bertz CT molecular complexity index is 862. The number of ether oxygens (including phenoxy) is 1. The number of hydrogen-bond acceptors (Lipinski definition) is 5. The summed E-state index contributed by atoms with van der Waals surface area (Å²) in [6.45, 7) is 1.95. The van der Waals surface area contributed by atoms with Gasteiger partial charge in [0.05, 0.1) is 12.5 Å². The molecule has 3 aromatic rings. The predicted molar refractivity (Wildman–Crippen MR) is 97.7 cm³/mol. The van der Waals surface area contributed by atoms with Crippen molar-refractivity contribution in [2.75, 3.05) is 12.4 Å². The van der Waals surface area contributed by atoms with Crippen LogP contribution in [-0.4, -0.2) is 17.1 Å². The summed E-state index contributed by atoms with van der Waals surface area (Å²) in [6.07, 6.45) is 3.55. The van der Waals surface area contributed by atoms with E-state index < -0.39 is 0 Å². The lowest BCUT2D eigenvalue weighted by Gasteiger charge is -2.10. The van der Waals surface area contributed by atoms with E-state index in [-0.39, 0.29) is 12.4 Å². The van der Waals surface area contributed by atoms with Crippen molar-refractivity contribution < 1.29 is 4.74 Å². The van der Waals surface area contributed by atoms with Gasteiger partial charge in [-0.1, -0.05) is 6.07 Å². The molecule has 1 aliphatic rings. The van der Waals surface area contributed by atoms with Crippen LogP contribution in [0.15, 0.2) is 24.3 Å². The Balaban J connectivity index is 0.00000156. The fourth-order valence-corrected chi connectivity index (χ4v) is 4.34. The average Bonchev–Trinajstić information content (AvgIpc) is 3.07. The van der Waals surface area contributed by atoms with Crippen molar-refractivity contribution in [3.8, 4) is 5.75 Å². The highest BCUT2D eigenvalue weighted by Crippen LogP contribution is 2.40. The van der Waals surface area contributed by atoms with Gasteiger partial charge in [-0.25, -0.2) is 9.97 Å². The van der Waals surface area contributed by atoms with Crippen LogP contribution in [0.4, 0.5) is 11.5 Å². The second-order valence-electron chi connectivity index (χ2n) is 5.51. The third kappa shape index (κ3) is 2.86. The van der Waals surface area contributed by atoms with Crippen molar-refractivity contribution >= 4 is 45.5 Å². The van der Waals surface area contributed by atoms with Crippen LogP contribution in [0.5, 0.6) is 5.75 Å². The molecule has 0 saturated heterocycles. The molecule has 4 nitrogen and oxygen atoms in total. The molecule has 0 saturated carbocycles. The molecular formula is C17H18ClN3OS. The van der Waals surface area contributed by atoms with Crippen LogP contribution in [0, 0.1) is 6.92 Å². The SMILES string of the molecule is COc1cccc(Nc2nc(C)nc3sc4c(c23)CCC4)c1.Cl. The van der Waals surface area contributed by atoms with Gasteiger partial charge in [0.15, 0.2) is 0 Å². The first kappa shape index (κ1) is 16.0. The molecule has 0 fully saturated rings. The number of hydrogen-bond donors (Lipinski definition) is 1. The number of halogens is 1. The Morgan fingerprint density at radius 3 is 2.91 bits per heavy atom. The molecule has 4 rings (SSSR count). The molecule has 2 heterocycles. The van der Waals surface area contributed by atoms with E-state index in [4.69, 9.17) is 4.74 Å². The lowest BCUT2D eigenvalue weighted by atomic mass is 10.2. The monoisotopic (exact) mass is 347 g/mol. The third-order valence-electron chi connectivity index (χ3n) is 4.01. The van der Waals surface area contributed by atoms with Crippen molar-refractivity contribution in [1.29, 1.82) is 0 Å². The molecule has 0 atom stereocenters. The highest BCUT2D eigenvalue weighted by molar-refractivity contribution is 7.19. The maximum absolute atomic E-state index is 5.29. The number of methoxy groups -OCH3 is 1. The van der Waals surface area contributed by atoms with Gasteiger partial charge in [-0.15, -0.1) is 23.7 Å². The largest absolute Gasteiger partial charge is 0.497 e. The fraction of sp³-hybridized carbons (Fsp3) is 0.294. The third-order valence-corrected chi connectivity index (χ3v) is 5.19. The Morgan fingerprint density at radius 1 is 1.22 bits per heavy atom. The Morgan fingerprint density at radius 2 is 2.09 bits per heavy atom. The van der Waals surface area contributed by atoms with Crippen molar-refractivity contribution in [3.05, 3.63) is 40.5 Å². The first-order chi connectivity index (χ1) is 10.7. The molecule has 2 aromatic heterocycles. The van der Waals surface area contributed by atoms with E-state index in [0.29, 0.717) is 0 Å². The topological polar surface area (TPSA) is 47.0 Å². The first-order valence-corrected chi connectivity index (χ1v) is 8.26. The van der Waals surface area contributed by atoms with Gasteiger partial charge < -0.3 is 10.1 Å². The minimum atomic E-state index is 0. The standard InChI is InChI=1S/C17H17N3OS.ClH/c1-10-18-16(20-11-5-3-6-12(9-11)21-2)15-13-7-4-8-14(13)22-17(15)19-10;/h3,5-6,9H,4,7-8H2,1-2H3,(H,18,19,20);1H. The maximum Gasteiger partial charge on any atom is 0.143 e. The number of benzene rings is 1. The maximum atomic E-state index is 5.29. The fourth-order valence-electron chi connectivity index (χ4n) is 3.03. The van der Waals surface area contributed by atoms with E-state index in [0.717, 1.165) is 34.3 Å². The zero-order chi connectivity index (χ0) is 15.1. The minimum Gasteiger partial charge on any atom is -0.497 e. The molecule has 1 N–H and O–H groups in total. The number of aromatic nitrogens is 2. The molecular weight excluding hydrogens is 330 g/mol. The van der Waals surface area contributed by atoms with Crippen LogP contribution in [0.3, 0.4) is 0 Å². The summed E-state index contributed by atoms with van der Waals surface area (Å²) in [5.41, 5.74) is 2.42. The molecule has 1 aromatic carbocycles. The number of nitrogens with zero attached hydrogens (tertiary/aromatic N) is 2. The van der Waals surface area contributed by atoms with Crippen LogP contribution in [0.1, 0.15) is 22.7 Å². The van der Waals surface area contributed by atoms with Gasteiger partial charge in [0.2, 0.25) is 0 Å². The molecule has 1 aliphatic carbocycles. The molecule has 0 aliphatic heterocycles. The van der Waals surface area contributed by atoms with Crippen LogP contribution in [0.2, 0.25) is 0 Å². The highest BCUT2D eigenvalue weighted by Gasteiger charge is 2.21. The summed E-state index contributed by atoms with van der Waals surface area (Å²) in [5, 5.41) is 4.65. The van der Waals surface area contributed by atoms with Crippen molar-refractivity contribution in [3.63, 3.8) is 0 Å². The van der Waals surface area contributed by atoms with Gasteiger partial charge in [0.25, 0.3) is 0 Å². The zero-order valence-electron chi connectivity index (χ0n) is 13.0. The van der Waals surface area contributed by atoms with Crippen molar-refractivity contribution in [1.82, 2.24) is 9.97 Å². The summed E-state index contributed by atoms with van der Waals surface area (Å²) in [7, 11) is 1.68. The number of thiophene rings is 1.